The van der Waals surface area contributed by atoms with E-state index in [1.54, 1.807) is 0 Å². The SMILES string of the molecule is CCCCc1oc2ccccc2c1CC1(NC(=O)C(=O)O)C=CC(c2ccccc2)C=C1OCc1ccccc1. The van der Waals surface area contributed by atoms with Gasteiger partial charge in [-0.25, -0.2) is 4.79 Å². The number of carboxylic acids is 1. The first-order valence-corrected chi connectivity index (χ1v) is 13.7. The Labute approximate surface area is 234 Å². The van der Waals surface area contributed by atoms with Gasteiger partial charge in [-0.05, 0) is 29.7 Å². The highest BCUT2D eigenvalue weighted by Gasteiger charge is 2.41. The van der Waals surface area contributed by atoms with Crippen molar-refractivity contribution in [1.29, 1.82) is 0 Å². The maximum absolute atomic E-state index is 12.8. The summed E-state index contributed by atoms with van der Waals surface area (Å²) in [6.07, 6.45) is 8.83. The second-order valence-electron chi connectivity index (χ2n) is 10.1. The van der Waals surface area contributed by atoms with Gasteiger partial charge in [-0.1, -0.05) is 104 Å². The van der Waals surface area contributed by atoms with Crippen molar-refractivity contribution < 1.29 is 23.8 Å². The molecule has 1 heterocycles. The topological polar surface area (TPSA) is 88.8 Å². The number of carbonyl (C=O) groups excluding carboxylic acids is 1. The van der Waals surface area contributed by atoms with Gasteiger partial charge in [-0.2, -0.15) is 0 Å². The lowest BCUT2D eigenvalue weighted by Crippen LogP contribution is -2.53. The van der Waals surface area contributed by atoms with Gasteiger partial charge in [0, 0.05) is 29.7 Å². The summed E-state index contributed by atoms with van der Waals surface area (Å²) in [5.74, 6) is -1.42. The molecule has 0 saturated heterocycles. The van der Waals surface area contributed by atoms with Crippen LogP contribution in [0.2, 0.25) is 0 Å². The number of unbranched alkanes of at least 4 members (excludes halogenated alkanes) is 1. The second-order valence-corrected chi connectivity index (χ2v) is 10.1. The number of ether oxygens (including phenoxy) is 1. The largest absolute Gasteiger partial charge is 0.491 e. The zero-order valence-corrected chi connectivity index (χ0v) is 22.5. The van der Waals surface area contributed by atoms with Crippen molar-refractivity contribution in [2.45, 2.75) is 50.7 Å². The van der Waals surface area contributed by atoms with Crippen LogP contribution in [-0.4, -0.2) is 22.5 Å². The van der Waals surface area contributed by atoms with E-state index in [0.29, 0.717) is 5.76 Å². The molecule has 6 nitrogen and oxygen atoms in total. The van der Waals surface area contributed by atoms with Gasteiger partial charge in [0.2, 0.25) is 0 Å². The van der Waals surface area contributed by atoms with Crippen LogP contribution < -0.4 is 5.32 Å². The smallest absolute Gasteiger partial charge is 0.394 e. The third-order valence-electron chi connectivity index (χ3n) is 7.31. The number of carbonyl (C=O) groups is 2. The summed E-state index contributed by atoms with van der Waals surface area (Å²) >= 11 is 0. The molecule has 0 aliphatic heterocycles. The van der Waals surface area contributed by atoms with Crippen LogP contribution >= 0.6 is 0 Å². The van der Waals surface area contributed by atoms with Gasteiger partial charge in [0.25, 0.3) is 0 Å². The van der Waals surface area contributed by atoms with E-state index in [2.05, 4.69) is 12.2 Å². The summed E-state index contributed by atoms with van der Waals surface area (Å²) in [4.78, 5) is 24.6. The molecule has 3 aromatic carbocycles. The van der Waals surface area contributed by atoms with Crippen molar-refractivity contribution in [2.24, 2.45) is 0 Å². The summed E-state index contributed by atoms with van der Waals surface area (Å²) in [6.45, 7) is 2.39. The first-order chi connectivity index (χ1) is 19.5. The number of aryl methyl sites for hydroxylation is 1. The van der Waals surface area contributed by atoms with E-state index in [1.165, 1.54) is 0 Å². The number of aliphatic carboxylic acids is 1. The summed E-state index contributed by atoms with van der Waals surface area (Å²) in [6, 6.07) is 27.6. The molecule has 1 amide bonds. The van der Waals surface area contributed by atoms with Crippen LogP contribution in [-0.2, 0) is 33.8 Å². The zero-order chi connectivity index (χ0) is 28.0. The Bertz CT molecular complexity index is 1540. The number of nitrogens with one attached hydrogen (secondary N) is 1. The number of benzene rings is 3. The molecule has 4 aromatic rings. The van der Waals surface area contributed by atoms with Crippen molar-refractivity contribution in [3.63, 3.8) is 0 Å². The first-order valence-electron chi connectivity index (χ1n) is 13.7. The van der Waals surface area contributed by atoms with Crippen LogP contribution in [0, 0.1) is 0 Å². The van der Waals surface area contributed by atoms with E-state index in [1.807, 2.05) is 103 Å². The summed E-state index contributed by atoms with van der Waals surface area (Å²) < 4.78 is 12.8. The Balaban J connectivity index is 1.61. The fourth-order valence-electron chi connectivity index (χ4n) is 5.22. The molecule has 0 fully saturated rings. The molecule has 5 rings (SSSR count). The number of fused-ring (bicyclic) bond motifs is 1. The van der Waals surface area contributed by atoms with Crippen LogP contribution in [0.15, 0.2) is 113 Å². The van der Waals surface area contributed by atoms with E-state index in [9.17, 15) is 14.7 Å². The molecule has 1 aliphatic rings. The van der Waals surface area contributed by atoms with E-state index in [-0.39, 0.29) is 18.9 Å². The summed E-state index contributed by atoms with van der Waals surface area (Å²) in [5, 5.41) is 13.4. The Morgan fingerprint density at radius 1 is 0.975 bits per heavy atom. The molecule has 0 bridgehead atoms. The molecular weight excluding hydrogens is 502 g/mol. The van der Waals surface area contributed by atoms with Gasteiger partial charge in [0.15, 0.2) is 0 Å². The Kier molecular flexibility index (Phi) is 8.15. The summed E-state index contributed by atoms with van der Waals surface area (Å²) in [5.41, 5.74) is 2.50. The minimum Gasteiger partial charge on any atom is -0.491 e. The van der Waals surface area contributed by atoms with Crippen LogP contribution in [0.25, 0.3) is 11.0 Å². The molecule has 0 spiro atoms. The van der Waals surface area contributed by atoms with Crippen molar-refractivity contribution in [1.82, 2.24) is 5.32 Å². The van der Waals surface area contributed by atoms with Gasteiger partial charge >= 0.3 is 11.9 Å². The average molecular weight is 536 g/mol. The number of para-hydroxylation sites is 1. The van der Waals surface area contributed by atoms with E-state index >= 15 is 0 Å². The lowest BCUT2D eigenvalue weighted by Gasteiger charge is -2.37. The van der Waals surface area contributed by atoms with Crippen molar-refractivity contribution in [3.05, 3.63) is 131 Å². The van der Waals surface area contributed by atoms with Gasteiger partial charge in [0.05, 0.1) is 0 Å². The standard InChI is InChI=1S/C34H33NO5/c1-2-3-17-30-28(27-16-10-11-18-29(27)40-30)22-34(35-32(36)33(37)38)20-19-26(25-14-8-5-9-15-25)21-31(34)39-23-24-12-6-4-7-13-24/h4-16,18-21,26H,2-3,17,22-23H2,1H3,(H,35,36)(H,37,38). The number of carboxylic acid groups (broad SMARTS) is 1. The number of hydrogen-bond donors (Lipinski definition) is 2. The molecular formula is C34H33NO5. The predicted molar refractivity (Wildman–Crippen MR) is 155 cm³/mol. The van der Waals surface area contributed by atoms with Gasteiger partial charge in [0.1, 0.15) is 29.2 Å². The Morgan fingerprint density at radius 2 is 1.68 bits per heavy atom. The summed E-state index contributed by atoms with van der Waals surface area (Å²) in [7, 11) is 0. The number of allylic oxidation sites excluding steroid dienone is 2. The molecule has 2 N–H and O–H groups in total. The highest BCUT2D eigenvalue weighted by atomic mass is 16.5. The van der Waals surface area contributed by atoms with Crippen molar-refractivity contribution in [2.75, 3.05) is 0 Å². The Morgan fingerprint density at radius 3 is 2.40 bits per heavy atom. The predicted octanol–water partition coefficient (Wildman–Crippen LogP) is 6.71. The fraction of sp³-hybridized carbons (Fsp3) is 0.235. The van der Waals surface area contributed by atoms with Gasteiger partial charge in [-0.15, -0.1) is 0 Å². The minimum absolute atomic E-state index is 0.109. The van der Waals surface area contributed by atoms with E-state index in [0.717, 1.165) is 52.7 Å². The van der Waals surface area contributed by atoms with Crippen LogP contribution in [0.5, 0.6) is 0 Å². The maximum atomic E-state index is 12.8. The maximum Gasteiger partial charge on any atom is 0.394 e. The Hall–Kier alpha value is -4.58. The molecule has 40 heavy (non-hydrogen) atoms. The third-order valence-corrected chi connectivity index (χ3v) is 7.31. The molecule has 2 unspecified atom stereocenters. The molecule has 0 radical (unpaired) electrons. The quantitative estimate of drug-likeness (QED) is 0.174. The highest BCUT2D eigenvalue weighted by Crippen LogP contribution is 2.38. The van der Waals surface area contributed by atoms with E-state index in [4.69, 9.17) is 9.15 Å². The van der Waals surface area contributed by atoms with Crippen LogP contribution in [0.3, 0.4) is 0 Å². The van der Waals surface area contributed by atoms with Crippen LogP contribution in [0.4, 0.5) is 0 Å². The lowest BCUT2D eigenvalue weighted by molar-refractivity contribution is -0.151. The third kappa shape index (κ3) is 5.86. The number of amides is 1. The molecule has 204 valence electrons. The highest BCUT2D eigenvalue weighted by molar-refractivity contribution is 6.31. The monoisotopic (exact) mass is 535 g/mol. The van der Waals surface area contributed by atoms with Gasteiger partial charge in [-0.3, -0.25) is 4.79 Å². The molecule has 1 aromatic heterocycles. The van der Waals surface area contributed by atoms with Crippen LogP contribution in [0.1, 0.15) is 48.1 Å². The normalized spacial score (nSPS) is 18.3. The fourth-order valence-corrected chi connectivity index (χ4v) is 5.22. The molecule has 0 saturated carbocycles. The van der Waals surface area contributed by atoms with Crippen molar-refractivity contribution in [3.8, 4) is 0 Å². The number of hydrogen-bond acceptors (Lipinski definition) is 4. The minimum atomic E-state index is -1.55. The zero-order valence-electron chi connectivity index (χ0n) is 22.5. The van der Waals surface area contributed by atoms with E-state index < -0.39 is 17.4 Å². The molecule has 1 aliphatic carbocycles. The van der Waals surface area contributed by atoms with Crippen molar-refractivity contribution >= 4 is 22.8 Å². The molecule has 6 heteroatoms. The second kappa shape index (κ2) is 12.1. The number of rotatable bonds is 10. The molecule has 2 atom stereocenters. The average Bonchev–Trinajstić information content (AvgIpc) is 3.33. The van der Waals surface area contributed by atoms with Gasteiger partial charge < -0.3 is 19.6 Å². The lowest BCUT2D eigenvalue weighted by atomic mass is 9.79. The first kappa shape index (κ1) is 27.0. The number of furan rings is 1.